The molecule has 0 spiro atoms. The number of rotatable bonds is 5. The molecule has 0 aliphatic rings. The Balaban J connectivity index is 1.83. The lowest BCUT2D eigenvalue weighted by Crippen LogP contribution is -2.21. The number of para-hydroxylation sites is 2. The number of alkyl halides is 6. The molecular weight excluding hydrogens is 432 g/mol. The molecule has 0 saturated carbocycles. The largest absolute Gasteiger partial charge is 0.482 e. The van der Waals surface area contributed by atoms with E-state index in [1.54, 1.807) is 0 Å². The van der Waals surface area contributed by atoms with Gasteiger partial charge in [-0.25, -0.2) is 9.50 Å². The minimum atomic E-state index is -4.76. The van der Waals surface area contributed by atoms with Gasteiger partial charge in [0.15, 0.2) is 6.61 Å². The van der Waals surface area contributed by atoms with E-state index in [0.29, 0.717) is 5.56 Å². The van der Waals surface area contributed by atoms with Gasteiger partial charge in [0.1, 0.15) is 5.75 Å². The van der Waals surface area contributed by atoms with Crippen LogP contribution >= 0.6 is 0 Å². The number of anilines is 1. The molecule has 3 rings (SSSR count). The second-order valence-corrected chi connectivity index (χ2v) is 6.53. The maximum Gasteiger partial charge on any atom is 0.453 e. The summed E-state index contributed by atoms with van der Waals surface area (Å²) in [6.07, 6.45) is -9.62. The van der Waals surface area contributed by atoms with Gasteiger partial charge in [0.25, 0.3) is 11.6 Å². The molecule has 1 aromatic carbocycles. The Kier molecular flexibility index (Phi) is 5.79. The van der Waals surface area contributed by atoms with Gasteiger partial charge in [-0.1, -0.05) is 12.1 Å². The van der Waals surface area contributed by atoms with Crippen LogP contribution in [0.2, 0.25) is 0 Å². The third-order valence-corrected chi connectivity index (χ3v) is 4.19. The molecule has 0 atom stereocenters. The summed E-state index contributed by atoms with van der Waals surface area (Å²) in [7, 11) is 0. The first-order valence-corrected chi connectivity index (χ1v) is 8.73. The monoisotopic (exact) mass is 447 g/mol. The molecule has 0 bridgehead atoms. The van der Waals surface area contributed by atoms with Gasteiger partial charge in [0.05, 0.1) is 12.1 Å². The Morgan fingerprint density at radius 2 is 1.77 bits per heavy atom. The Labute approximate surface area is 171 Å². The van der Waals surface area contributed by atoms with E-state index in [4.69, 9.17) is 4.74 Å². The highest BCUT2D eigenvalue weighted by atomic mass is 19.4. The number of fused-ring (bicyclic) bond motifs is 1. The smallest absolute Gasteiger partial charge is 0.453 e. The van der Waals surface area contributed by atoms with Gasteiger partial charge in [0.2, 0.25) is 5.91 Å². The summed E-state index contributed by atoms with van der Waals surface area (Å²) in [6, 6.07) is 5.56. The number of hydrogen-bond acceptors (Lipinski definition) is 5. The fourth-order valence-electron chi connectivity index (χ4n) is 2.79. The van der Waals surface area contributed by atoms with Crippen molar-refractivity contribution in [2.45, 2.75) is 32.6 Å². The third kappa shape index (κ3) is 5.22. The molecule has 0 unspecified atom stereocenters. The van der Waals surface area contributed by atoms with Gasteiger partial charge < -0.3 is 10.1 Å². The molecule has 31 heavy (non-hydrogen) atoms. The quantitative estimate of drug-likeness (QED) is 0.601. The van der Waals surface area contributed by atoms with Crippen molar-refractivity contribution >= 4 is 17.4 Å². The molecule has 166 valence electrons. The molecule has 3 aromatic rings. The molecule has 0 aliphatic carbocycles. The molecular formula is C18H15F6N5O2. The van der Waals surface area contributed by atoms with Gasteiger partial charge in [0, 0.05) is 17.0 Å². The first kappa shape index (κ1) is 22.3. The molecule has 1 amide bonds. The van der Waals surface area contributed by atoms with Gasteiger partial charge in [-0.2, -0.15) is 31.3 Å². The van der Waals surface area contributed by atoms with Gasteiger partial charge in [-0.15, -0.1) is 5.10 Å². The van der Waals surface area contributed by atoms with Crippen molar-refractivity contribution in [3.63, 3.8) is 0 Å². The van der Waals surface area contributed by atoms with Crippen LogP contribution in [0, 0.1) is 13.8 Å². The molecule has 0 aliphatic heterocycles. The van der Waals surface area contributed by atoms with Crippen LogP contribution in [0.4, 0.5) is 32.0 Å². The second kappa shape index (κ2) is 8.04. The van der Waals surface area contributed by atoms with E-state index in [-0.39, 0.29) is 35.0 Å². The van der Waals surface area contributed by atoms with E-state index in [1.807, 2.05) is 0 Å². The second-order valence-electron chi connectivity index (χ2n) is 6.53. The number of carbonyl (C=O) groups is 1. The lowest BCUT2D eigenvalue weighted by atomic mass is 10.1. The summed E-state index contributed by atoms with van der Waals surface area (Å²) >= 11 is 0. The van der Waals surface area contributed by atoms with Crippen LogP contribution in [0.3, 0.4) is 0 Å². The zero-order valence-corrected chi connectivity index (χ0v) is 16.1. The van der Waals surface area contributed by atoms with Crippen LogP contribution in [0.15, 0.2) is 24.3 Å². The van der Waals surface area contributed by atoms with Crippen molar-refractivity contribution in [1.29, 1.82) is 0 Å². The van der Waals surface area contributed by atoms with Crippen LogP contribution < -0.4 is 10.1 Å². The van der Waals surface area contributed by atoms with Crippen molar-refractivity contribution in [1.82, 2.24) is 19.6 Å². The summed E-state index contributed by atoms with van der Waals surface area (Å²) in [4.78, 5) is 19.8. The predicted octanol–water partition coefficient (Wildman–Crippen LogP) is 3.88. The van der Waals surface area contributed by atoms with Gasteiger partial charge in [-0.05, 0) is 26.0 Å². The number of hydrogen-bond donors (Lipinski definition) is 1. The van der Waals surface area contributed by atoms with Crippen molar-refractivity contribution in [2.75, 3.05) is 11.9 Å². The molecule has 2 heterocycles. The average molecular weight is 447 g/mol. The maximum atomic E-state index is 12.9. The third-order valence-electron chi connectivity index (χ3n) is 4.19. The van der Waals surface area contributed by atoms with Crippen molar-refractivity contribution in [2.24, 2.45) is 0 Å². The van der Waals surface area contributed by atoms with E-state index in [1.165, 1.54) is 38.1 Å². The predicted molar refractivity (Wildman–Crippen MR) is 95.6 cm³/mol. The Hall–Kier alpha value is -3.38. The van der Waals surface area contributed by atoms with Gasteiger partial charge >= 0.3 is 12.4 Å². The molecule has 0 saturated heterocycles. The van der Waals surface area contributed by atoms with E-state index in [0.717, 1.165) is 4.52 Å². The van der Waals surface area contributed by atoms with Gasteiger partial charge in [-0.3, -0.25) is 4.79 Å². The maximum absolute atomic E-state index is 12.9. The SMILES string of the molecule is Cc1nc2nc(C(F)(F)F)nn2c(C)c1CC(=O)Nc1ccccc1OCC(F)(F)F. The first-order chi connectivity index (χ1) is 14.3. The highest BCUT2D eigenvalue weighted by Crippen LogP contribution is 2.28. The number of ether oxygens (including phenoxy) is 1. The number of benzene rings is 1. The number of carbonyl (C=O) groups excluding carboxylic acids is 1. The number of halogens is 6. The minimum Gasteiger partial charge on any atom is -0.482 e. The topological polar surface area (TPSA) is 81.4 Å². The van der Waals surface area contributed by atoms with Crippen molar-refractivity contribution in [3.05, 3.63) is 47.0 Å². The van der Waals surface area contributed by atoms with Crippen LogP contribution in [-0.4, -0.2) is 38.3 Å². The number of aryl methyl sites for hydroxylation is 2. The van der Waals surface area contributed by atoms with Crippen molar-refractivity contribution in [3.8, 4) is 5.75 Å². The zero-order chi connectivity index (χ0) is 23.0. The van der Waals surface area contributed by atoms with E-state index < -0.39 is 30.7 Å². The number of amides is 1. The summed E-state index contributed by atoms with van der Waals surface area (Å²) in [5, 5.41) is 5.84. The van der Waals surface area contributed by atoms with Crippen molar-refractivity contribution < 1.29 is 35.9 Å². The fraction of sp³-hybridized carbons (Fsp3) is 0.333. The normalized spacial score (nSPS) is 12.3. The minimum absolute atomic E-state index is 0.0150. The molecule has 13 heteroatoms. The highest BCUT2D eigenvalue weighted by Gasteiger charge is 2.37. The number of nitrogens with one attached hydrogen (secondary N) is 1. The zero-order valence-electron chi connectivity index (χ0n) is 16.1. The number of nitrogens with zero attached hydrogens (tertiary/aromatic N) is 4. The van der Waals surface area contributed by atoms with Crippen LogP contribution in [-0.2, 0) is 17.4 Å². The summed E-state index contributed by atoms with van der Waals surface area (Å²) in [5.74, 6) is -2.44. The van der Waals surface area contributed by atoms with Crippen LogP contribution in [0.1, 0.15) is 22.8 Å². The Morgan fingerprint density at radius 3 is 2.42 bits per heavy atom. The Morgan fingerprint density at radius 1 is 1.10 bits per heavy atom. The Bertz CT molecular complexity index is 1120. The standard InChI is InChI=1S/C18H15F6N5O2/c1-9-11(10(2)29-16(25-9)27-15(28-29)18(22,23)24)7-14(30)26-12-5-3-4-6-13(12)31-8-17(19,20)21/h3-6H,7-8H2,1-2H3,(H,26,30). The average Bonchev–Trinajstić information content (AvgIpc) is 3.08. The lowest BCUT2D eigenvalue weighted by molar-refractivity contribution is -0.153. The summed E-state index contributed by atoms with van der Waals surface area (Å²) in [5.41, 5.74) is 0.809. The molecule has 0 radical (unpaired) electrons. The lowest BCUT2D eigenvalue weighted by Gasteiger charge is -2.14. The van der Waals surface area contributed by atoms with E-state index in [9.17, 15) is 31.1 Å². The first-order valence-electron chi connectivity index (χ1n) is 8.73. The molecule has 1 N–H and O–H groups in total. The fourth-order valence-corrected chi connectivity index (χ4v) is 2.79. The number of aromatic nitrogens is 4. The summed E-state index contributed by atoms with van der Waals surface area (Å²) < 4.78 is 81.5. The van der Waals surface area contributed by atoms with Crippen LogP contribution in [0.5, 0.6) is 5.75 Å². The van der Waals surface area contributed by atoms with E-state index in [2.05, 4.69) is 20.4 Å². The highest BCUT2D eigenvalue weighted by molar-refractivity contribution is 5.93. The van der Waals surface area contributed by atoms with E-state index >= 15 is 0 Å². The molecule has 0 fully saturated rings. The van der Waals surface area contributed by atoms with Crippen LogP contribution in [0.25, 0.3) is 5.78 Å². The summed E-state index contributed by atoms with van der Waals surface area (Å²) in [6.45, 7) is 1.42. The molecule has 7 nitrogen and oxygen atoms in total. The molecule has 2 aromatic heterocycles.